The zero-order chi connectivity index (χ0) is 18.4. The summed E-state index contributed by atoms with van der Waals surface area (Å²) in [5.41, 5.74) is 8.65. The fourth-order valence-electron chi connectivity index (χ4n) is 2.15. The Morgan fingerprint density at radius 2 is 1.60 bits per heavy atom. The quantitative estimate of drug-likeness (QED) is 0.376. The molecular weight excluding hydrogens is 318 g/mol. The topological polar surface area (TPSA) is 78.6 Å². The zero-order valence-electron chi connectivity index (χ0n) is 13.5. The van der Waals surface area contributed by atoms with E-state index in [0.717, 1.165) is 28.8 Å². The average molecular weight is 335 g/mol. The molecule has 126 valence electrons. The van der Waals surface area contributed by atoms with Gasteiger partial charge in [0.1, 0.15) is 5.75 Å². The van der Waals surface area contributed by atoms with E-state index in [1.54, 1.807) is 42.5 Å². The van der Waals surface area contributed by atoms with E-state index in [2.05, 4.69) is 19.7 Å². The lowest BCUT2D eigenvalue weighted by Gasteiger charge is -2.11. The first-order chi connectivity index (χ1) is 12.0. The van der Waals surface area contributed by atoms with Crippen molar-refractivity contribution in [3.05, 3.63) is 73.9 Å². The molecule has 0 fully saturated rings. The molecule has 25 heavy (non-hydrogen) atoms. The lowest BCUT2D eigenvalue weighted by molar-refractivity contribution is -0.129. The maximum atomic E-state index is 11.3. The minimum absolute atomic E-state index is 0.255. The SMILES string of the molecule is C=CC(=O)Oc1ccc(-c2ccc(OC(=O)C=C)c(N)c2)c(C=C)c1. The molecule has 0 bridgehead atoms. The Kier molecular flexibility index (Phi) is 5.53. The highest BCUT2D eigenvalue weighted by molar-refractivity contribution is 5.86. The van der Waals surface area contributed by atoms with Gasteiger partial charge in [-0.1, -0.05) is 37.9 Å². The van der Waals surface area contributed by atoms with E-state index in [1.807, 2.05) is 0 Å². The van der Waals surface area contributed by atoms with Gasteiger partial charge in [0.25, 0.3) is 0 Å². The van der Waals surface area contributed by atoms with Crippen LogP contribution < -0.4 is 15.2 Å². The third-order valence-electron chi connectivity index (χ3n) is 3.33. The van der Waals surface area contributed by atoms with Gasteiger partial charge in [-0.05, 0) is 41.0 Å². The van der Waals surface area contributed by atoms with Crippen LogP contribution in [0, 0.1) is 0 Å². The molecule has 0 saturated carbocycles. The second-order valence-corrected chi connectivity index (χ2v) is 4.96. The first kappa shape index (κ1) is 17.7. The summed E-state index contributed by atoms with van der Waals surface area (Å²) < 4.78 is 10.1. The summed E-state index contributed by atoms with van der Waals surface area (Å²) in [6.07, 6.45) is 3.79. The molecule has 0 amide bonds. The van der Waals surface area contributed by atoms with Crippen molar-refractivity contribution in [3.63, 3.8) is 0 Å². The summed E-state index contributed by atoms with van der Waals surface area (Å²) in [5, 5.41) is 0. The summed E-state index contributed by atoms with van der Waals surface area (Å²) in [6, 6.07) is 10.2. The summed E-state index contributed by atoms with van der Waals surface area (Å²) in [5.74, 6) is -0.488. The van der Waals surface area contributed by atoms with Crippen LogP contribution in [0.1, 0.15) is 5.56 Å². The first-order valence-corrected chi connectivity index (χ1v) is 7.33. The molecule has 2 rings (SSSR count). The summed E-state index contributed by atoms with van der Waals surface area (Å²) in [7, 11) is 0. The number of benzene rings is 2. The summed E-state index contributed by atoms with van der Waals surface area (Å²) in [4.78, 5) is 22.6. The molecule has 2 N–H and O–H groups in total. The molecule has 0 aliphatic carbocycles. The number of rotatable bonds is 6. The zero-order valence-corrected chi connectivity index (χ0v) is 13.5. The van der Waals surface area contributed by atoms with Crippen molar-refractivity contribution in [2.45, 2.75) is 0 Å². The fraction of sp³-hybridized carbons (Fsp3) is 0. The van der Waals surface area contributed by atoms with Crippen LogP contribution in [0.2, 0.25) is 0 Å². The van der Waals surface area contributed by atoms with Crippen molar-refractivity contribution < 1.29 is 19.1 Å². The van der Waals surface area contributed by atoms with Crippen molar-refractivity contribution in [2.24, 2.45) is 0 Å². The molecule has 0 radical (unpaired) electrons. The maximum Gasteiger partial charge on any atom is 0.335 e. The van der Waals surface area contributed by atoms with Gasteiger partial charge in [-0.2, -0.15) is 0 Å². The lowest BCUT2D eigenvalue weighted by atomic mass is 9.98. The molecular formula is C20H17NO4. The van der Waals surface area contributed by atoms with Crippen molar-refractivity contribution >= 4 is 23.7 Å². The van der Waals surface area contributed by atoms with E-state index < -0.39 is 11.9 Å². The van der Waals surface area contributed by atoms with Crippen molar-refractivity contribution in [3.8, 4) is 22.6 Å². The predicted molar refractivity (Wildman–Crippen MR) is 98.0 cm³/mol. The normalized spacial score (nSPS) is 9.76. The van der Waals surface area contributed by atoms with E-state index in [-0.39, 0.29) is 5.75 Å². The minimum atomic E-state index is -0.584. The van der Waals surface area contributed by atoms with Crippen LogP contribution in [0.4, 0.5) is 5.69 Å². The fourth-order valence-corrected chi connectivity index (χ4v) is 2.15. The van der Waals surface area contributed by atoms with Gasteiger partial charge in [0.2, 0.25) is 0 Å². The largest absolute Gasteiger partial charge is 0.423 e. The Hall–Kier alpha value is -3.60. The van der Waals surface area contributed by atoms with Crippen LogP contribution >= 0.6 is 0 Å². The van der Waals surface area contributed by atoms with Crippen LogP contribution in [0.3, 0.4) is 0 Å². The Labute approximate surface area is 145 Å². The Morgan fingerprint density at radius 1 is 0.920 bits per heavy atom. The highest BCUT2D eigenvalue weighted by atomic mass is 16.5. The van der Waals surface area contributed by atoms with Gasteiger partial charge in [0.05, 0.1) is 5.69 Å². The van der Waals surface area contributed by atoms with Crippen molar-refractivity contribution in [2.75, 3.05) is 5.73 Å². The third-order valence-corrected chi connectivity index (χ3v) is 3.33. The number of anilines is 1. The first-order valence-electron chi connectivity index (χ1n) is 7.33. The van der Waals surface area contributed by atoms with E-state index >= 15 is 0 Å². The number of carbonyl (C=O) groups is 2. The highest BCUT2D eigenvalue weighted by Gasteiger charge is 2.10. The van der Waals surface area contributed by atoms with Gasteiger partial charge in [0, 0.05) is 12.2 Å². The van der Waals surface area contributed by atoms with Crippen molar-refractivity contribution in [1.82, 2.24) is 0 Å². The van der Waals surface area contributed by atoms with Crippen molar-refractivity contribution in [1.29, 1.82) is 0 Å². The van der Waals surface area contributed by atoms with Gasteiger partial charge in [-0.3, -0.25) is 0 Å². The molecule has 5 nitrogen and oxygen atoms in total. The van der Waals surface area contributed by atoms with Crippen LogP contribution in [0.5, 0.6) is 11.5 Å². The van der Waals surface area contributed by atoms with E-state index in [1.165, 1.54) is 0 Å². The van der Waals surface area contributed by atoms with Gasteiger partial charge < -0.3 is 15.2 Å². The molecule has 5 heteroatoms. The van der Waals surface area contributed by atoms with Gasteiger partial charge >= 0.3 is 11.9 Å². The summed E-state index contributed by atoms with van der Waals surface area (Å²) in [6.45, 7) is 10.5. The van der Waals surface area contributed by atoms with Crippen LogP contribution in [-0.2, 0) is 9.59 Å². The van der Waals surface area contributed by atoms with E-state index in [9.17, 15) is 9.59 Å². The summed E-state index contributed by atoms with van der Waals surface area (Å²) >= 11 is 0. The van der Waals surface area contributed by atoms with Crippen LogP contribution in [0.25, 0.3) is 17.2 Å². The van der Waals surface area contributed by atoms with Gasteiger partial charge in [0.15, 0.2) is 5.75 Å². The standard InChI is InChI=1S/C20H17NO4/c1-4-13-11-15(24-19(22)5-2)8-9-16(13)14-7-10-18(17(21)12-14)25-20(23)6-3/h4-12H,1-3,21H2. The predicted octanol–water partition coefficient (Wildman–Crippen LogP) is 3.76. The monoisotopic (exact) mass is 335 g/mol. The minimum Gasteiger partial charge on any atom is -0.423 e. The number of hydrogen-bond acceptors (Lipinski definition) is 5. The highest BCUT2D eigenvalue weighted by Crippen LogP contribution is 2.33. The molecule has 0 aliphatic rings. The number of ether oxygens (including phenoxy) is 2. The molecule has 0 unspecified atom stereocenters. The molecule has 0 aromatic heterocycles. The molecule has 0 atom stereocenters. The molecule has 0 spiro atoms. The Morgan fingerprint density at radius 3 is 2.20 bits per heavy atom. The molecule has 2 aromatic rings. The number of nitrogen functional groups attached to an aromatic ring is 1. The molecule has 0 heterocycles. The third kappa shape index (κ3) is 4.23. The second-order valence-electron chi connectivity index (χ2n) is 4.96. The Balaban J connectivity index is 2.37. The maximum absolute atomic E-state index is 11.3. The van der Waals surface area contributed by atoms with Crippen LogP contribution in [0.15, 0.2) is 68.3 Å². The van der Waals surface area contributed by atoms with Gasteiger partial charge in [-0.15, -0.1) is 0 Å². The number of esters is 2. The number of nitrogens with two attached hydrogens (primary N) is 1. The van der Waals surface area contributed by atoms with E-state index in [0.29, 0.717) is 11.4 Å². The molecule has 0 saturated heterocycles. The van der Waals surface area contributed by atoms with E-state index in [4.69, 9.17) is 15.2 Å². The second kappa shape index (κ2) is 7.79. The average Bonchev–Trinajstić information content (AvgIpc) is 2.62. The lowest BCUT2D eigenvalue weighted by Crippen LogP contribution is -2.05. The molecule has 2 aromatic carbocycles. The number of carbonyl (C=O) groups excluding carboxylic acids is 2. The van der Waals surface area contributed by atoms with Crippen LogP contribution in [-0.4, -0.2) is 11.9 Å². The number of hydrogen-bond donors (Lipinski definition) is 1. The Bertz CT molecular complexity index is 868. The van der Waals surface area contributed by atoms with Gasteiger partial charge in [-0.25, -0.2) is 9.59 Å². The molecule has 0 aliphatic heterocycles. The smallest absolute Gasteiger partial charge is 0.335 e.